The molecule has 0 spiro atoms. The number of carbonyl (C=O) groups is 4. The monoisotopic (exact) mass is 1310 g/mol. The number of ether oxygens (including phenoxy) is 4. The minimum atomic E-state index is -4.95. The largest absolute Gasteiger partial charge is 0.472 e. The maximum absolute atomic E-state index is 13.0. The molecule has 89 heavy (non-hydrogen) atoms. The highest BCUT2D eigenvalue weighted by atomic mass is 31.2. The van der Waals surface area contributed by atoms with Crippen molar-refractivity contribution in [2.75, 3.05) is 39.6 Å². The third kappa shape index (κ3) is 63.2. The summed E-state index contributed by atoms with van der Waals surface area (Å²) < 4.78 is 68.2. The Morgan fingerprint density at radius 1 is 0.326 bits per heavy atom. The lowest BCUT2D eigenvalue weighted by atomic mass is 10.00. The summed E-state index contributed by atoms with van der Waals surface area (Å²) in [6, 6.07) is 0. The molecule has 0 aliphatic carbocycles. The Balaban J connectivity index is 5.24. The molecular weight excluding hydrogens is 1170 g/mol. The second kappa shape index (κ2) is 61.0. The first-order valence-corrected chi connectivity index (χ1v) is 39.4. The summed E-state index contributed by atoms with van der Waals surface area (Å²) in [4.78, 5) is 72.5. The number of rotatable bonds is 68. The van der Waals surface area contributed by atoms with Gasteiger partial charge in [0.2, 0.25) is 0 Å². The lowest BCUT2D eigenvalue weighted by molar-refractivity contribution is -0.161. The number of carbonyl (C=O) groups excluding carboxylic acids is 4. The van der Waals surface area contributed by atoms with Crippen molar-refractivity contribution < 1.29 is 80.2 Å². The van der Waals surface area contributed by atoms with Crippen LogP contribution in [0.1, 0.15) is 350 Å². The number of esters is 4. The molecule has 3 N–H and O–H groups in total. The number of phosphoric ester groups is 2. The fourth-order valence-corrected chi connectivity index (χ4v) is 12.1. The first kappa shape index (κ1) is 87.1. The van der Waals surface area contributed by atoms with Gasteiger partial charge in [-0.25, -0.2) is 9.13 Å². The summed E-state index contributed by atoms with van der Waals surface area (Å²) in [5.74, 6) is 0.149. The van der Waals surface area contributed by atoms with Crippen LogP contribution in [0, 0.1) is 17.8 Å². The molecule has 0 heterocycles. The summed E-state index contributed by atoms with van der Waals surface area (Å²) in [5.41, 5.74) is 0. The van der Waals surface area contributed by atoms with Gasteiger partial charge in [-0.05, 0) is 43.4 Å². The van der Waals surface area contributed by atoms with Crippen LogP contribution in [0.15, 0.2) is 0 Å². The molecule has 0 aromatic heterocycles. The normalized spacial score (nSPS) is 14.5. The first-order chi connectivity index (χ1) is 42.8. The molecule has 0 fully saturated rings. The van der Waals surface area contributed by atoms with E-state index in [0.717, 1.165) is 108 Å². The highest BCUT2D eigenvalue weighted by Gasteiger charge is 2.30. The van der Waals surface area contributed by atoms with Crippen LogP contribution >= 0.6 is 15.6 Å². The topological polar surface area (TPSA) is 237 Å². The quantitative estimate of drug-likeness (QED) is 0.0222. The Bertz CT molecular complexity index is 1750. The highest BCUT2D eigenvalue weighted by molar-refractivity contribution is 7.47. The number of hydrogen-bond acceptors (Lipinski definition) is 15. The molecule has 0 aromatic rings. The molecule has 19 heteroatoms. The zero-order valence-electron chi connectivity index (χ0n) is 57.9. The van der Waals surface area contributed by atoms with Crippen molar-refractivity contribution in [2.24, 2.45) is 17.8 Å². The standard InChI is InChI=1S/C70H136O17P2/c1-8-10-11-12-13-22-29-37-44-51-67(72)80-58-66(87-70(75)54-47-40-33-32-36-43-50-63(7)9-2)60-85-89(78,79)83-56-64(71)55-82-88(76,77)84-59-65(57-81-68(73)52-45-38-30-25-21-17-19-24-28-35-42-49-62(5)6)86-69(74)53-46-39-31-26-20-16-14-15-18-23-27-34-41-48-61(3)4/h61-66,71H,8-60H2,1-7H3,(H,76,77)(H,78,79)/t63?,64-,65-,66-/m1/s1. The second-order valence-electron chi connectivity index (χ2n) is 26.5. The van der Waals surface area contributed by atoms with Gasteiger partial charge in [-0.15, -0.1) is 0 Å². The lowest BCUT2D eigenvalue weighted by Crippen LogP contribution is -2.30. The molecule has 0 aromatic carbocycles. The molecule has 3 unspecified atom stereocenters. The van der Waals surface area contributed by atoms with Crippen LogP contribution in [-0.2, 0) is 65.4 Å². The predicted molar refractivity (Wildman–Crippen MR) is 358 cm³/mol. The Morgan fingerprint density at radius 3 is 0.854 bits per heavy atom. The van der Waals surface area contributed by atoms with Gasteiger partial charge in [-0.3, -0.25) is 37.3 Å². The number of aliphatic hydroxyl groups excluding tert-OH is 1. The summed E-state index contributed by atoms with van der Waals surface area (Å²) in [6.45, 7) is 11.8. The molecular formula is C70H136O17P2. The fourth-order valence-electron chi connectivity index (χ4n) is 10.5. The average Bonchev–Trinajstić information content (AvgIpc) is 3.70. The summed E-state index contributed by atoms with van der Waals surface area (Å²) in [5, 5.41) is 10.6. The number of unbranched alkanes of at least 4 members (excludes halogenated alkanes) is 35. The van der Waals surface area contributed by atoms with E-state index in [1.807, 2.05) is 0 Å². The minimum absolute atomic E-state index is 0.103. The van der Waals surface area contributed by atoms with E-state index in [1.54, 1.807) is 0 Å². The molecule has 0 rings (SSSR count). The van der Waals surface area contributed by atoms with Gasteiger partial charge in [0.05, 0.1) is 26.4 Å². The molecule has 0 saturated heterocycles. The summed E-state index contributed by atoms with van der Waals surface area (Å²) in [6.07, 6.45) is 44.4. The molecule has 0 bridgehead atoms. The van der Waals surface area contributed by atoms with Gasteiger partial charge >= 0.3 is 39.5 Å². The van der Waals surface area contributed by atoms with Gasteiger partial charge in [0.25, 0.3) is 0 Å². The maximum Gasteiger partial charge on any atom is 0.472 e. The lowest BCUT2D eigenvalue weighted by Gasteiger charge is -2.21. The van der Waals surface area contributed by atoms with Gasteiger partial charge in [-0.1, -0.05) is 299 Å². The van der Waals surface area contributed by atoms with E-state index in [2.05, 4.69) is 48.5 Å². The first-order valence-electron chi connectivity index (χ1n) is 36.4. The van der Waals surface area contributed by atoms with Crippen molar-refractivity contribution in [3.8, 4) is 0 Å². The molecule has 0 aliphatic rings. The molecule has 0 amide bonds. The van der Waals surface area contributed by atoms with Crippen molar-refractivity contribution >= 4 is 39.5 Å². The van der Waals surface area contributed by atoms with E-state index >= 15 is 0 Å². The van der Waals surface area contributed by atoms with E-state index in [-0.39, 0.29) is 25.7 Å². The molecule has 0 aliphatic heterocycles. The van der Waals surface area contributed by atoms with Crippen LogP contribution in [0.25, 0.3) is 0 Å². The van der Waals surface area contributed by atoms with Crippen molar-refractivity contribution in [1.29, 1.82) is 0 Å². The smallest absolute Gasteiger partial charge is 0.462 e. The Kier molecular flexibility index (Phi) is 59.6. The molecule has 528 valence electrons. The second-order valence-corrected chi connectivity index (χ2v) is 29.4. The Hall–Kier alpha value is -1.94. The zero-order valence-corrected chi connectivity index (χ0v) is 59.7. The predicted octanol–water partition coefficient (Wildman–Crippen LogP) is 19.8. The van der Waals surface area contributed by atoms with E-state index in [1.165, 1.54) is 161 Å². The maximum atomic E-state index is 13.0. The third-order valence-corrected chi connectivity index (χ3v) is 18.4. The SMILES string of the molecule is CCCCCCCCCCCC(=O)OC[C@H](COP(=O)(O)OC[C@H](O)COP(=O)(O)OC[C@@H](COC(=O)CCCCCCCCCCCCCC(C)C)OC(=O)CCCCCCCCCCCCCCCC(C)C)OC(=O)CCCCCCCCC(C)CC. The van der Waals surface area contributed by atoms with Gasteiger partial charge in [-0.2, -0.15) is 0 Å². The minimum Gasteiger partial charge on any atom is -0.462 e. The Labute approximate surface area is 543 Å². The van der Waals surface area contributed by atoms with Crippen molar-refractivity contribution in [3.05, 3.63) is 0 Å². The fraction of sp³-hybridized carbons (Fsp3) is 0.943. The van der Waals surface area contributed by atoms with E-state index in [9.17, 15) is 43.2 Å². The van der Waals surface area contributed by atoms with E-state index in [0.29, 0.717) is 25.7 Å². The molecule has 6 atom stereocenters. The van der Waals surface area contributed by atoms with Crippen molar-refractivity contribution in [1.82, 2.24) is 0 Å². The summed E-state index contributed by atoms with van der Waals surface area (Å²) in [7, 11) is -9.90. The van der Waals surface area contributed by atoms with E-state index in [4.69, 9.17) is 37.0 Å². The zero-order chi connectivity index (χ0) is 65.9. The van der Waals surface area contributed by atoms with Gasteiger partial charge < -0.3 is 33.8 Å². The van der Waals surface area contributed by atoms with Crippen LogP contribution in [-0.4, -0.2) is 96.7 Å². The molecule has 0 saturated carbocycles. The Morgan fingerprint density at radius 2 is 0.573 bits per heavy atom. The highest BCUT2D eigenvalue weighted by Crippen LogP contribution is 2.45. The molecule has 0 radical (unpaired) electrons. The number of aliphatic hydroxyl groups is 1. The van der Waals surface area contributed by atoms with E-state index < -0.39 is 97.5 Å². The molecule has 17 nitrogen and oxygen atoms in total. The number of phosphoric acid groups is 2. The van der Waals surface area contributed by atoms with Crippen LogP contribution in [0.3, 0.4) is 0 Å². The van der Waals surface area contributed by atoms with Crippen molar-refractivity contribution in [3.63, 3.8) is 0 Å². The van der Waals surface area contributed by atoms with Crippen molar-refractivity contribution in [2.45, 2.75) is 369 Å². The summed E-state index contributed by atoms with van der Waals surface area (Å²) >= 11 is 0. The number of hydrogen-bond donors (Lipinski definition) is 3. The average molecular weight is 1310 g/mol. The van der Waals surface area contributed by atoms with Crippen LogP contribution in [0.4, 0.5) is 0 Å². The van der Waals surface area contributed by atoms with Gasteiger partial charge in [0, 0.05) is 25.7 Å². The van der Waals surface area contributed by atoms with Crippen LogP contribution in [0.2, 0.25) is 0 Å². The van der Waals surface area contributed by atoms with Gasteiger partial charge in [0.15, 0.2) is 12.2 Å². The van der Waals surface area contributed by atoms with Crippen LogP contribution < -0.4 is 0 Å². The van der Waals surface area contributed by atoms with Crippen LogP contribution in [0.5, 0.6) is 0 Å². The third-order valence-electron chi connectivity index (χ3n) is 16.5. The van der Waals surface area contributed by atoms with Gasteiger partial charge in [0.1, 0.15) is 19.3 Å².